The lowest BCUT2D eigenvalue weighted by Crippen LogP contribution is -2.26. The fourth-order valence-electron chi connectivity index (χ4n) is 3.96. The first-order chi connectivity index (χ1) is 13.7. The summed E-state index contributed by atoms with van der Waals surface area (Å²) in [6.45, 7) is 1.76. The number of aliphatic carboxylic acids is 1. The van der Waals surface area contributed by atoms with Crippen LogP contribution in [0.1, 0.15) is 48.4 Å². The first kappa shape index (κ1) is 20.4. The second-order valence-electron chi connectivity index (χ2n) is 7.45. The molecule has 2 aromatic rings. The van der Waals surface area contributed by atoms with E-state index >= 15 is 0 Å². The third-order valence-corrected chi connectivity index (χ3v) is 7.35. The molecule has 6 nitrogen and oxygen atoms in total. The Labute approximate surface area is 174 Å². The highest BCUT2D eigenvalue weighted by molar-refractivity contribution is 7.17. The molecular weight excluding hydrogens is 420 g/mol. The van der Waals surface area contributed by atoms with Crippen LogP contribution in [0.5, 0.6) is 0 Å². The Kier molecular flexibility index (Phi) is 5.43. The second-order valence-corrected chi connectivity index (χ2v) is 9.31. The number of fused-ring (bicyclic) bond motifs is 1. The van der Waals surface area contributed by atoms with Crippen LogP contribution in [0.4, 0.5) is 13.8 Å². The summed E-state index contributed by atoms with van der Waals surface area (Å²) in [5, 5.41) is 24.4. The quantitative estimate of drug-likeness (QED) is 0.596. The number of aromatic nitrogens is 2. The van der Waals surface area contributed by atoms with Crippen LogP contribution in [0.2, 0.25) is 0 Å². The van der Waals surface area contributed by atoms with E-state index in [9.17, 15) is 23.8 Å². The number of thiophene rings is 1. The van der Waals surface area contributed by atoms with Crippen LogP contribution in [0.25, 0.3) is 10.6 Å². The van der Waals surface area contributed by atoms with Gasteiger partial charge in [0.2, 0.25) is 0 Å². The number of rotatable bonds is 5. The molecule has 2 aliphatic carbocycles. The van der Waals surface area contributed by atoms with Crippen LogP contribution >= 0.6 is 22.9 Å². The van der Waals surface area contributed by atoms with Crippen molar-refractivity contribution < 1.29 is 23.8 Å². The number of hydrogen-bond donors (Lipinski definition) is 3. The van der Waals surface area contributed by atoms with E-state index < -0.39 is 18.1 Å². The minimum absolute atomic E-state index is 0.224. The molecule has 0 saturated heterocycles. The van der Waals surface area contributed by atoms with Crippen LogP contribution < -0.4 is 5.32 Å². The molecule has 1 unspecified atom stereocenters. The summed E-state index contributed by atoms with van der Waals surface area (Å²) in [5.74, 6) is -3.17. The van der Waals surface area contributed by atoms with Gasteiger partial charge in [-0.1, -0.05) is 0 Å². The molecule has 0 spiro atoms. The Balaban J connectivity index is 1.73. The average molecular weight is 442 g/mol. The van der Waals surface area contributed by atoms with Crippen molar-refractivity contribution in [2.45, 2.75) is 64.0 Å². The number of hydrogen-bond acceptors (Lipinski definition) is 7. The van der Waals surface area contributed by atoms with Gasteiger partial charge in [0.1, 0.15) is 22.1 Å². The van der Waals surface area contributed by atoms with Gasteiger partial charge < -0.3 is 15.5 Å². The Morgan fingerprint density at radius 1 is 1.28 bits per heavy atom. The van der Waals surface area contributed by atoms with Crippen molar-refractivity contribution in [3.05, 3.63) is 27.4 Å². The summed E-state index contributed by atoms with van der Waals surface area (Å²) < 4.78 is 32.1. The number of carboxylic acid groups (broad SMARTS) is 1. The predicted octanol–water partition coefficient (Wildman–Crippen LogP) is 4.38. The molecule has 0 saturated carbocycles. The average Bonchev–Trinajstić information content (AvgIpc) is 3.23. The molecule has 2 aliphatic rings. The molecule has 0 amide bonds. The van der Waals surface area contributed by atoms with Crippen LogP contribution in [0, 0.1) is 6.92 Å². The number of aliphatic hydroxyl groups excluding tert-OH is 1. The van der Waals surface area contributed by atoms with Gasteiger partial charge in [-0.25, -0.2) is 18.6 Å². The third kappa shape index (κ3) is 4.06. The zero-order chi connectivity index (χ0) is 20.8. The first-order valence-electron chi connectivity index (χ1n) is 9.48. The van der Waals surface area contributed by atoms with E-state index in [2.05, 4.69) is 14.7 Å². The van der Waals surface area contributed by atoms with Gasteiger partial charge in [-0.15, -0.1) is 11.3 Å². The van der Waals surface area contributed by atoms with Gasteiger partial charge in [0.15, 0.2) is 0 Å². The zero-order valence-corrected chi connectivity index (χ0v) is 17.4. The maximum absolute atomic E-state index is 14.0. The molecule has 2 heterocycles. The number of nitrogens with zero attached hydrogens (tertiary/aromatic N) is 2. The van der Waals surface area contributed by atoms with E-state index in [0.717, 1.165) is 18.4 Å². The number of aliphatic hydroxyl groups is 1. The molecule has 0 aromatic carbocycles. The molecule has 10 heteroatoms. The summed E-state index contributed by atoms with van der Waals surface area (Å²) in [4.78, 5) is 16.5. The number of aryl methyl sites for hydroxylation is 1. The standard InChI is InChI=1S/C19H21F2N3O3S2/c1-9-22-17(29-24-9)14-12-6-7-19(20,21)8-13(12)28-16(14)23-15(25)10-4-2-3-5-11(10)18(26)27/h15,23,25H,2-8H2,1H3,(H,26,27). The summed E-state index contributed by atoms with van der Waals surface area (Å²) >= 11 is 2.38. The van der Waals surface area contributed by atoms with Gasteiger partial charge in [0.05, 0.1) is 0 Å². The third-order valence-electron chi connectivity index (χ3n) is 5.36. The highest BCUT2D eigenvalue weighted by atomic mass is 32.1. The lowest BCUT2D eigenvalue weighted by Gasteiger charge is -2.23. The van der Waals surface area contributed by atoms with Crippen molar-refractivity contribution in [1.82, 2.24) is 9.36 Å². The number of carbonyl (C=O) groups is 1. The Morgan fingerprint density at radius 3 is 2.72 bits per heavy atom. The second kappa shape index (κ2) is 7.73. The Morgan fingerprint density at radius 2 is 2.03 bits per heavy atom. The van der Waals surface area contributed by atoms with Crippen molar-refractivity contribution in [2.75, 3.05) is 5.32 Å². The molecule has 0 radical (unpaired) electrons. The van der Waals surface area contributed by atoms with Crippen LogP contribution in [-0.4, -0.2) is 37.7 Å². The molecule has 1 atom stereocenters. The summed E-state index contributed by atoms with van der Waals surface area (Å²) in [5.41, 5.74) is 2.22. The predicted molar refractivity (Wildman–Crippen MR) is 108 cm³/mol. The maximum atomic E-state index is 14.0. The topological polar surface area (TPSA) is 95.3 Å². The SMILES string of the molecule is Cc1nsc(-c2c(NC(O)C3=C(C(=O)O)CCCC3)sc3c2CCC(F)(F)C3)n1. The van der Waals surface area contributed by atoms with E-state index in [0.29, 0.717) is 44.7 Å². The van der Waals surface area contributed by atoms with E-state index in [4.69, 9.17) is 0 Å². The fraction of sp³-hybridized carbons (Fsp3) is 0.526. The van der Waals surface area contributed by atoms with Gasteiger partial charge in [-0.2, -0.15) is 4.37 Å². The van der Waals surface area contributed by atoms with Gasteiger partial charge in [-0.05, 0) is 61.7 Å². The smallest absolute Gasteiger partial charge is 0.331 e. The van der Waals surface area contributed by atoms with Gasteiger partial charge in [0.25, 0.3) is 5.92 Å². The molecule has 0 aliphatic heterocycles. The van der Waals surface area contributed by atoms with Gasteiger partial charge >= 0.3 is 5.97 Å². The van der Waals surface area contributed by atoms with Crippen molar-refractivity contribution in [3.63, 3.8) is 0 Å². The maximum Gasteiger partial charge on any atom is 0.331 e. The van der Waals surface area contributed by atoms with Crippen molar-refractivity contribution in [1.29, 1.82) is 0 Å². The summed E-state index contributed by atoms with van der Waals surface area (Å²) in [6, 6.07) is 0. The minimum atomic E-state index is -2.75. The molecule has 2 aromatic heterocycles. The minimum Gasteiger partial charge on any atom is -0.478 e. The highest BCUT2D eigenvalue weighted by Crippen LogP contribution is 2.48. The van der Waals surface area contributed by atoms with Gasteiger partial charge in [0, 0.05) is 28.9 Å². The zero-order valence-electron chi connectivity index (χ0n) is 15.8. The van der Waals surface area contributed by atoms with Crippen LogP contribution in [0.3, 0.4) is 0 Å². The lowest BCUT2D eigenvalue weighted by atomic mass is 9.90. The lowest BCUT2D eigenvalue weighted by molar-refractivity contribution is -0.133. The van der Waals surface area contributed by atoms with E-state index in [-0.39, 0.29) is 24.8 Å². The molecule has 0 bridgehead atoms. The molecule has 0 fully saturated rings. The van der Waals surface area contributed by atoms with E-state index in [1.165, 1.54) is 22.9 Å². The molecule has 156 valence electrons. The molecular formula is C19H21F2N3O3S2. The monoisotopic (exact) mass is 441 g/mol. The van der Waals surface area contributed by atoms with E-state index in [1.54, 1.807) is 6.92 Å². The van der Waals surface area contributed by atoms with Crippen LogP contribution in [0.15, 0.2) is 11.1 Å². The van der Waals surface area contributed by atoms with Crippen molar-refractivity contribution in [2.24, 2.45) is 0 Å². The number of alkyl halides is 2. The summed E-state index contributed by atoms with van der Waals surface area (Å²) in [6.07, 6.45) is 0.973. The Hall–Kier alpha value is -1.91. The summed E-state index contributed by atoms with van der Waals surface area (Å²) in [7, 11) is 0. The van der Waals surface area contributed by atoms with Crippen molar-refractivity contribution in [3.8, 4) is 10.6 Å². The largest absolute Gasteiger partial charge is 0.478 e. The molecule has 29 heavy (non-hydrogen) atoms. The number of anilines is 1. The number of carboxylic acids is 1. The van der Waals surface area contributed by atoms with Crippen LogP contribution in [-0.2, 0) is 17.6 Å². The van der Waals surface area contributed by atoms with E-state index in [1.807, 2.05) is 0 Å². The van der Waals surface area contributed by atoms with Crippen molar-refractivity contribution >= 4 is 33.8 Å². The van der Waals surface area contributed by atoms with Gasteiger partial charge in [-0.3, -0.25) is 0 Å². The Bertz CT molecular complexity index is 984. The normalized spacial score (nSPS) is 19.7. The first-order valence-corrected chi connectivity index (χ1v) is 11.1. The number of halogens is 2. The molecule has 3 N–H and O–H groups in total. The fourth-order valence-corrected chi connectivity index (χ4v) is 6.13. The number of nitrogens with one attached hydrogen (secondary N) is 1. The molecule has 4 rings (SSSR count). The highest BCUT2D eigenvalue weighted by Gasteiger charge is 2.38.